The van der Waals surface area contributed by atoms with E-state index in [-0.39, 0.29) is 21.6 Å². The van der Waals surface area contributed by atoms with Gasteiger partial charge in [0.1, 0.15) is 5.82 Å². The largest absolute Gasteiger partial charge is 0.478 e. The van der Waals surface area contributed by atoms with Gasteiger partial charge in [-0.3, -0.25) is 9.52 Å². The van der Waals surface area contributed by atoms with Crippen molar-refractivity contribution in [3.05, 3.63) is 59.9 Å². The molecule has 32 heavy (non-hydrogen) atoms. The van der Waals surface area contributed by atoms with Gasteiger partial charge in [-0.05, 0) is 75.6 Å². The second-order valence-electron chi connectivity index (χ2n) is 8.05. The van der Waals surface area contributed by atoms with Crippen molar-refractivity contribution in [3.8, 4) is 11.8 Å². The van der Waals surface area contributed by atoms with E-state index in [4.69, 9.17) is 5.11 Å². The fourth-order valence-corrected chi connectivity index (χ4v) is 3.57. The number of aromatic carboxylic acids is 1. The monoisotopic (exact) mass is 458 g/mol. The van der Waals surface area contributed by atoms with E-state index in [1.165, 1.54) is 31.2 Å². The van der Waals surface area contributed by atoms with Crippen LogP contribution in [-0.2, 0) is 14.8 Å². The maximum Gasteiger partial charge on any atom is 0.338 e. The molecule has 0 aromatic heterocycles. The van der Waals surface area contributed by atoms with E-state index in [2.05, 4.69) is 28.5 Å². The third-order valence-corrected chi connectivity index (χ3v) is 5.40. The number of hydrogen-bond acceptors (Lipinski definition) is 4. The molecule has 0 heterocycles. The zero-order valence-electron chi connectivity index (χ0n) is 18.0. The molecule has 0 bridgehead atoms. The summed E-state index contributed by atoms with van der Waals surface area (Å²) in [5, 5.41) is 11.6. The first kappa shape index (κ1) is 24.6. The maximum absolute atomic E-state index is 14.1. The molecule has 7 nitrogen and oxygen atoms in total. The standard InChI is InChI=1S/C23H23FN2O5S/c1-14(2)17-12-18(22(28)29)19(24)13-20(17)26-32(30,31)16-8-6-15(7-9-16)25-21(27)10-11-23(3,4)5/h6-9,12-13,26H,1H2,2-5H3,(H,25,27)(H,28,29). The number of halogens is 1. The molecule has 0 aliphatic heterocycles. The van der Waals surface area contributed by atoms with Crippen molar-refractivity contribution in [2.24, 2.45) is 5.41 Å². The van der Waals surface area contributed by atoms with Crippen LogP contribution < -0.4 is 10.0 Å². The molecule has 0 aliphatic carbocycles. The number of amides is 1. The number of carboxylic acids is 1. The normalized spacial score (nSPS) is 11.2. The molecule has 2 aromatic rings. The highest BCUT2D eigenvalue weighted by molar-refractivity contribution is 7.92. The van der Waals surface area contributed by atoms with Gasteiger partial charge < -0.3 is 10.4 Å². The van der Waals surface area contributed by atoms with Crippen molar-refractivity contribution >= 4 is 38.8 Å². The van der Waals surface area contributed by atoms with Gasteiger partial charge in [-0.15, -0.1) is 0 Å². The molecule has 0 aliphatic rings. The van der Waals surface area contributed by atoms with Gasteiger partial charge >= 0.3 is 5.97 Å². The van der Waals surface area contributed by atoms with Gasteiger partial charge in [0, 0.05) is 16.7 Å². The molecule has 0 unspecified atom stereocenters. The van der Waals surface area contributed by atoms with Gasteiger partial charge in [-0.1, -0.05) is 12.5 Å². The van der Waals surface area contributed by atoms with Crippen molar-refractivity contribution in [3.63, 3.8) is 0 Å². The average molecular weight is 459 g/mol. The van der Waals surface area contributed by atoms with Crippen molar-refractivity contribution in [1.29, 1.82) is 0 Å². The van der Waals surface area contributed by atoms with Crippen LogP contribution in [0.25, 0.3) is 5.57 Å². The Hall–Kier alpha value is -3.64. The number of benzene rings is 2. The summed E-state index contributed by atoms with van der Waals surface area (Å²) in [6.07, 6.45) is 0. The number of allylic oxidation sites excluding steroid dienone is 1. The molecule has 0 spiro atoms. The van der Waals surface area contributed by atoms with Crippen molar-refractivity contribution in [1.82, 2.24) is 0 Å². The first-order valence-corrected chi connectivity index (χ1v) is 10.9. The summed E-state index contributed by atoms with van der Waals surface area (Å²) in [5.41, 5.74) is -0.244. The Kier molecular flexibility index (Phi) is 7.11. The molecule has 0 saturated heterocycles. The number of hydrogen-bond donors (Lipinski definition) is 3. The molecule has 0 fully saturated rings. The third kappa shape index (κ3) is 6.43. The second-order valence-corrected chi connectivity index (χ2v) is 9.73. The van der Waals surface area contributed by atoms with Crippen LogP contribution in [0.15, 0.2) is 47.9 Å². The van der Waals surface area contributed by atoms with E-state index in [9.17, 15) is 22.4 Å². The fraction of sp³-hybridized carbons (Fsp3) is 0.217. The zero-order chi connectivity index (χ0) is 24.3. The Morgan fingerprint density at radius 3 is 2.19 bits per heavy atom. The molecule has 2 rings (SSSR count). The number of carboxylic acid groups (broad SMARTS) is 1. The number of carbonyl (C=O) groups excluding carboxylic acids is 1. The summed E-state index contributed by atoms with van der Waals surface area (Å²) in [6.45, 7) is 10.8. The van der Waals surface area contributed by atoms with Crippen molar-refractivity contribution < 1.29 is 27.5 Å². The number of rotatable bonds is 6. The molecule has 1 amide bonds. The SMILES string of the molecule is C=C(C)c1cc(C(=O)O)c(F)cc1NS(=O)(=O)c1ccc(NC(=O)C#CC(C)(C)C)cc1. The fourth-order valence-electron chi connectivity index (χ4n) is 2.50. The second kappa shape index (κ2) is 9.24. The molecule has 2 aromatic carbocycles. The first-order chi connectivity index (χ1) is 14.7. The third-order valence-electron chi connectivity index (χ3n) is 4.02. The van der Waals surface area contributed by atoms with Crippen LogP contribution in [-0.4, -0.2) is 25.4 Å². The lowest BCUT2D eigenvalue weighted by molar-refractivity contribution is -0.111. The van der Waals surface area contributed by atoms with Crippen LogP contribution in [0.4, 0.5) is 15.8 Å². The van der Waals surface area contributed by atoms with Crippen LogP contribution in [0, 0.1) is 23.1 Å². The highest BCUT2D eigenvalue weighted by Crippen LogP contribution is 2.29. The van der Waals surface area contributed by atoms with Crippen LogP contribution in [0.3, 0.4) is 0 Å². The number of nitrogens with one attached hydrogen (secondary N) is 2. The molecule has 9 heteroatoms. The van der Waals surface area contributed by atoms with Gasteiger partial charge in [0.2, 0.25) is 0 Å². The van der Waals surface area contributed by atoms with Gasteiger partial charge in [0.25, 0.3) is 15.9 Å². The Balaban J connectivity index is 2.29. The minimum absolute atomic E-state index is 0.144. The van der Waals surface area contributed by atoms with Crippen LogP contribution >= 0.6 is 0 Å². The first-order valence-electron chi connectivity index (χ1n) is 9.39. The summed E-state index contributed by atoms with van der Waals surface area (Å²) in [4.78, 5) is 22.9. The zero-order valence-corrected chi connectivity index (χ0v) is 18.9. The van der Waals surface area contributed by atoms with E-state index < -0.39 is 33.3 Å². The number of sulfonamides is 1. The highest BCUT2D eigenvalue weighted by atomic mass is 32.2. The molecule has 0 atom stereocenters. The number of anilines is 2. The van der Waals surface area contributed by atoms with Gasteiger partial charge in [0.15, 0.2) is 0 Å². The molecular weight excluding hydrogens is 435 g/mol. The lowest BCUT2D eigenvalue weighted by Crippen LogP contribution is -2.15. The van der Waals surface area contributed by atoms with Crippen LogP contribution in [0.5, 0.6) is 0 Å². The molecule has 0 radical (unpaired) electrons. The molecule has 168 valence electrons. The minimum Gasteiger partial charge on any atom is -0.478 e. The minimum atomic E-state index is -4.14. The smallest absolute Gasteiger partial charge is 0.338 e. The Labute approximate surface area is 186 Å². The van der Waals surface area contributed by atoms with Crippen molar-refractivity contribution in [2.75, 3.05) is 10.0 Å². The molecule has 0 saturated carbocycles. The quantitative estimate of drug-likeness (QED) is 0.557. The lowest BCUT2D eigenvalue weighted by atomic mass is 9.98. The lowest BCUT2D eigenvalue weighted by Gasteiger charge is -2.14. The molecule has 3 N–H and O–H groups in total. The Bertz CT molecular complexity index is 1250. The number of carbonyl (C=O) groups is 2. The van der Waals surface area contributed by atoms with Crippen LogP contribution in [0.1, 0.15) is 43.6 Å². The van der Waals surface area contributed by atoms with Gasteiger partial charge in [0.05, 0.1) is 16.1 Å². The summed E-state index contributed by atoms with van der Waals surface area (Å²) in [5.74, 6) is 2.16. The Morgan fingerprint density at radius 2 is 1.69 bits per heavy atom. The summed E-state index contributed by atoms with van der Waals surface area (Å²) < 4.78 is 41.9. The topological polar surface area (TPSA) is 113 Å². The summed E-state index contributed by atoms with van der Waals surface area (Å²) in [6, 6.07) is 7.12. The maximum atomic E-state index is 14.1. The van der Waals surface area contributed by atoms with E-state index >= 15 is 0 Å². The highest BCUT2D eigenvalue weighted by Gasteiger charge is 2.20. The van der Waals surface area contributed by atoms with E-state index in [1.54, 1.807) is 0 Å². The van der Waals surface area contributed by atoms with E-state index in [1.807, 2.05) is 20.8 Å². The van der Waals surface area contributed by atoms with Gasteiger partial charge in [-0.25, -0.2) is 17.6 Å². The van der Waals surface area contributed by atoms with E-state index in [0.29, 0.717) is 11.3 Å². The summed E-state index contributed by atoms with van der Waals surface area (Å²) >= 11 is 0. The van der Waals surface area contributed by atoms with Crippen LogP contribution in [0.2, 0.25) is 0 Å². The predicted octanol–water partition coefficient (Wildman–Crippen LogP) is 4.35. The summed E-state index contributed by atoms with van der Waals surface area (Å²) in [7, 11) is -4.14. The molecular formula is C23H23FN2O5S. The van der Waals surface area contributed by atoms with Crippen molar-refractivity contribution in [2.45, 2.75) is 32.6 Å². The predicted molar refractivity (Wildman–Crippen MR) is 121 cm³/mol. The van der Waals surface area contributed by atoms with E-state index in [0.717, 1.165) is 12.1 Å². The van der Waals surface area contributed by atoms with Gasteiger partial charge in [-0.2, -0.15) is 0 Å². The average Bonchev–Trinajstić information content (AvgIpc) is 2.65. The Morgan fingerprint density at radius 1 is 1.09 bits per heavy atom.